The zero-order chi connectivity index (χ0) is 22.7. The van der Waals surface area contributed by atoms with Gasteiger partial charge in [0.05, 0.1) is 23.7 Å². The smallest absolute Gasteiger partial charge is 0.264 e. The lowest BCUT2D eigenvalue weighted by molar-refractivity contribution is -0.133. The number of carbonyl (C=O) groups excluding carboxylic acids is 2. The molecule has 0 saturated heterocycles. The van der Waals surface area contributed by atoms with Gasteiger partial charge in [0.15, 0.2) is 0 Å². The third kappa shape index (κ3) is 4.55. The van der Waals surface area contributed by atoms with E-state index in [9.17, 15) is 14.0 Å². The standard InChI is InChI=1S/C24H22FN3O3S/c1-27(24(30)22-7-4-12-32-22)15-23(29)28-21(16-8-10-18(25)11-9-16)14-20(26-28)17-5-3-6-19(13-17)31-2/h3-13,21H,14-15H2,1-2H3/t21-/m1/s1. The summed E-state index contributed by atoms with van der Waals surface area (Å²) in [5.74, 6) is -0.193. The van der Waals surface area contributed by atoms with E-state index in [1.165, 1.54) is 33.4 Å². The number of benzene rings is 2. The molecule has 0 fully saturated rings. The van der Waals surface area contributed by atoms with E-state index in [0.29, 0.717) is 17.0 Å². The van der Waals surface area contributed by atoms with Crippen molar-refractivity contribution in [3.8, 4) is 5.75 Å². The normalized spacial score (nSPS) is 15.4. The fraction of sp³-hybridized carbons (Fsp3) is 0.208. The van der Waals surface area contributed by atoms with Gasteiger partial charge in [0.2, 0.25) is 0 Å². The first-order valence-corrected chi connectivity index (χ1v) is 10.9. The molecule has 1 atom stereocenters. The molecular formula is C24H22FN3O3S. The maximum Gasteiger partial charge on any atom is 0.264 e. The Morgan fingerprint density at radius 1 is 1.19 bits per heavy atom. The van der Waals surface area contributed by atoms with Gasteiger partial charge in [0, 0.05) is 19.0 Å². The maximum atomic E-state index is 13.5. The van der Waals surface area contributed by atoms with Crippen molar-refractivity contribution in [1.82, 2.24) is 9.91 Å². The molecule has 164 valence electrons. The van der Waals surface area contributed by atoms with Crippen molar-refractivity contribution in [1.29, 1.82) is 0 Å². The van der Waals surface area contributed by atoms with E-state index in [0.717, 1.165) is 16.8 Å². The van der Waals surface area contributed by atoms with Gasteiger partial charge in [0.1, 0.15) is 18.1 Å². The molecule has 1 aliphatic heterocycles. The third-order valence-electron chi connectivity index (χ3n) is 5.27. The SMILES string of the molecule is COc1cccc(C2=NN(C(=O)CN(C)C(=O)c3cccs3)[C@@H](c3ccc(F)cc3)C2)c1. The quantitative estimate of drug-likeness (QED) is 0.560. The zero-order valence-electron chi connectivity index (χ0n) is 17.7. The molecule has 4 rings (SSSR count). The van der Waals surface area contributed by atoms with Gasteiger partial charge < -0.3 is 9.64 Å². The summed E-state index contributed by atoms with van der Waals surface area (Å²) in [6.45, 7) is -0.122. The molecule has 3 aromatic rings. The van der Waals surface area contributed by atoms with Crippen molar-refractivity contribution in [3.63, 3.8) is 0 Å². The monoisotopic (exact) mass is 451 g/mol. The third-order valence-corrected chi connectivity index (χ3v) is 6.13. The Labute approximate surface area is 189 Å². The minimum absolute atomic E-state index is 0.122. The zero-order valence-corrected chi connectivity index (χ0v) is 18.5. The molecule has 0 radical (unpaired) electrons. The molecule has 2 aromatic carbocycles. The fourth-order valence-electron chi connectivity index (χ4n) is 3.60. The largest absolute Gasteiger partial charge is 0.497 e. The van der Waals surface area contributed by atoms with Crippen LogP contribution in [-0.2, 0) is 4.79 Å². The number of hydrazone groups is 1. The summed E-state index contributed by atoms with van der Waals surface area (Å²) >= 11 is 1.33. The van der Waals surface area contributed by atoms with Crippen LogP contribution < -0.4 is 4.74 Å². The van der Waals surface area contributed by atoms with E-state index >= 15 is 0 Å². The van der Waals surface area contributed by atoms with Crippen LogP contribution in [0.3, 0.4) is 0 Å². The summed E-state index contributed by atoms with van der Waals surface area (Å²) in [6, 6.07) is 16.6. The predicted octanol–water partition coefficient (Wildman–Crippen LogP) is 4.35. The van der Waals surface area contributed by atoms with Gasteiger partial charge in [0.25, 0.3) is 11.8 Å². The van der Waals surface area contributed by atoms with Crippen LogP contribution >= 0.6 is 11.3 Å². The van der Waals surface area contributed by atoms with Crippen molar-refractivity contribution < 1.29 is 18.7 Å². The van der Waals surface area contributed by atoms with Crippen LogP contribution in [0.2, 0.25) is 0 Å². The second-order valence-electron chi connectivity index (χ2n) is 7.43. The lowest BCUT2D eigenvalue weighted by Crippen LogP contribution is -2.39. The number of carbonyl (C=O) groups is 2. The number of methoxy groups -OCH3 is 1. The molecule has 0 unspecified atom stereocenters. The molecule has 0 spiro atoms. The second-order valence-corrected chi connectivity index (χ2v) is 8.37. The lowest BCUT2D eigenvalue weighted by Gasteiger charge is -2.24. The maximum absolute atomic E-state index is 13.5. The van der Waals surface area contributed by atoms with Gasteiger partial charge in [-0.1, -0.05) is 30.3 Å². The Balaban J connectivity index is 1.61. The summed E-state index contributed by atoms with van der Waals surface area (Å²) in [4.78, 5) is 27.7. The first-order valence-electron chi connectivity index (χ1n) is 10.0. The molecule has 8 heteroatoms. The topological polar surface area (TPSA) is 62.2 Å². The highest BCUT2D eigenvalue weighted by molar-refractivity contribution is 7.12. The average molecular weight is 452 g/mol. The van der Waals surface area contributed by atoms with Crippen LogP contribution in [0.5, 0.6) is 5.75 Å². The highest BCUT2D eigenvalue weighted by atomic mass is 32.1. The van der Waals surface area contributed by atoms with E-state index in [1.54, 1.807) is 38.4 Å². The molecule has 0 saturated carbocycles. The highest BCUT2D eigenvalue weighted by Gasteiger charge is 2.34. The molecule has 6 nitrogen and oxygen atoms in total. The number of thiophene rings is 1. The highest BCUT2D eigenvalue weighted by Crippen LogP contribution is 2.33. The number of hydrogen-bond donors (Lipinski definition) is 0. The first kappa shape index (κ1) is 21.7. The van der Waals surface area contributed by atoms with Crippen molar-refractivity contribution in [2.24, 2.45) is 5.10 Å². The van der Waals surface area contributed by atoms with Crippen LogP contribution in [0.4, 0.5) is 4.39 Å². The molecule has 2 amide bonds. The van der Waals surface area contributed by atoms with Crippen LogP contribution in [-0.4, -0.2) is 48.1 Å². The van der Waals surface area contributed by atoms with E-state index in [2.05, 4.69) is 5.10 Å². The van der Waals surface area contributed by atoms with Crippen molar-refractivity contribution in [2.45, 2.75) is 12.5 Å². The fourth-order valence-corrected chi connectivity index (χ4v) is 4.31. The second kappa shape index (κ2) is 9.32. The van der Waals surface area contributed by atoms with E-state index in [-0.39, 0.29) is 24.2 Å². The number of rotatable bonds is 6. The van der Waals surface area contributed by atoms with Gasteiger partial charge >= 0.3 is 0 Å². The van der Waals surface area contributed by atoms with Gasteiger partial charge in [-0.05, 0) is 41.3 Å². The minimum atomic E-state index is -0.394. The van der Waals surface area contributed by atoms with Crippen molar-refractivity contribution >= 4 is 28.9 Å². The summed E-state index contributed by atoms with van der Waals surface area (Å²) < 4.78 is 18.8. The number of halogens is 1. The van der Waals surface area contributed by atoms with Crippen LogP contribution in [0.15, 0.2) is 71.1 Å². The first-order chi connectivity index (χ1) is 15.5. The van der Waals surface area contributed by atoms with Crippen LogP contribution in [0.25, 0.3) is 0 Å². The summed E-state index contributed by atoms with van der Waals surface area (Å²) in [5.41, 5.74) is 2.34. The average Bonchev–Trinajstić information content (AvgIpc) is 3.50. The van der Waals surface area contributed by atoms with Gasteiger partial charge in [-0.2, -0.15) is 5.10 Å². The number of nitrogens with zero attached hydrogens (tertiary/aromatic N) is 3. The van der Waals surface area contributed by atoms with Crippen molar-refractivity contribution in [3.05, 3.63) is 87.9 Å². The van der Waals surface area contributed by atoms with E-state index in [4.69, 9.17) is 4.74 Å². The predicted molar refractivity (Wildman–Crippen MR) is 121 cm³/mol. The summed E-state index contributed by atoms with van der Waals surface area (Å²) in [5, 5.41) is 7.83. The molecular weight excluding hydrogens is 429 g/mol. The lowest BCUT2D eigenvalue weighted by atomic mass is 9.98. The van der Waals surface area contributed by atoms with Gasteiger partial charge in [-0.25, -0.2) is 9.40 Å². The number of hydrogen-bond acceptors (Lipinski definition) is 5. The Morgan fingerprint density at radius 2 is 1.97 bits per heavy atom. The number of likely N-dealkylation sites (N-methyl/N-ethyl adjacent to an activating group) is 1. The summed E-state index contributed by atoms with van der Waals surface area (Å²) in [6.07, 6.45) is 0.465. The Morgan fingerprint density at radius 3 is 2.66 bits per heavy atom. The molecule has 0 N–H and O–H groups in total. The van der Waals surface area contributed by atoms with Gasteiger partial charge in [-0.15, -0.1) is 11.3 Å². The Bertz CT molecular complexity index is 1150. The van der Waals surface area contributed by atoms with Gasteiger partial charge in [-0.3, -0.25) is 9.59 Å². The molecule has 0 aliphatic carbocycles. The molecule has 32 heavy (non-hydrogen) atoms. The number of ether oxygens (including phenoxy) is 1. The van der Waals surface area contributed by atoms with Crippen LogP contribution in [0.1, 0.15) is 33.3 Å². The molecule has 1 aliphatic rings. The van der Waals surface area contributed by atoms with E-state index in [1.807, 2.05) is 29.6 Å². The van der Waals surface area contributed by atoms with E-state index < -0.39 is 6.04 Å². The number of amides is 2. The summed E-state index contributed by atoms with van der Waals surface area (Å²) in [7, 11) is 3.18. The van der Waals surface area contributed by atoms with Crippen molar-refractivity contribution in [2.75, 3.05) is 20.7 Å². The Kier molecular flexibility index (Phi) is 6.32. The van der Waals surface area contributed by atoms with Crippen LogP contribution in [0, 0.1) is 5.82 Å². The Hall–Kier alpha value is -3.52. The molecule has 0 bridgehead atoms. The molecule has 1 aromatic heterocycles. The minimum Gasteiger partial charge on any atom is -0.497 e. The molecule has 2 heterocycles.